The fourth-order valence-electron chi connectivity index (χ4n) is 3.97. The summed E-state index contributed by atoms with van der Waals surface area (Å²) in [5, 5.41) is 13.9. The van der Waals surface area contributed by atoms with Crippen LogP contribution in [-0.2, 0) is 19.5 Å². The molecule has 0 spiro atoms. The van der Waals surface area contributed by atoms with Gasteiger partial charge in [0.2, 0.25) is 0 Å². The van der Waals surface area contributed by atoms with Crippen molar-refractivity contribution in [3.05, 3.63) is 81.1 Å². The molecule has 2 N–H and O–H groups in total. The predicted octanol–water partition coefficient (Wildman–Crippen LogP) is 4.85. The number of halogens is 1. The number of carboxylic acid groups (broad SMARTS) is 1. The van der Waals surface area contributed by atoms with E-state index in [1.165, 1.54) is 0 Å². The van der Waals surface area contributed by atoms with Gasteiger partial charge in [-0.05, 0) is 56.1 Å². The van der Waals surface area contributed by atoms with E-state index < -0.39 is 5.97 Å². The summed E-state index contributed by atoms with van der Waals surface area (Å²) in [6.45, 7) is 5.51. The minimum Gasteiger partial charge on any atom is -0.493 e. The van der Waals surface area contributed by atoms with Crippen molar-refractivity contribution in [2.75, 3.05) is 20.8 Å². The Balaban J connectivity index is 1.73. The first-order valence-electron chi connectivity index (χ1n) is 10.4. The van der Waals surface area contributed by atoms with E-state index in [0.29, 0.717) is 41.7 Å². The van der Waals surface area contributed by atoms with Crippen molar-refractivity contribution in [1.82, 2.24) is 9.88 Å². The molecule has 0 aliphatic rings. The minimum atomic E-state index is -0.916. The standard InChI is InChI=1S/C25H29ClN2O4/c1-16-20(14-27-12-11-18-9-10-22(31-3)23(13-18)32-4)24(25(29)30)17(2)28(16)15-19-7-5-6-8-21(19)26/h5-10,13,27H,11-12,14-15H2,1-4H3,(H,29,30). The third-order valence-corrected chi connectivity index (χ3v) is 6.12. The lowest BCUT2D eigenvalue weighted by Crippen LogP contribution is -2.18. The van der Waals surface area contributed by atoms with Gasteiger partial charge in [-0.2, -0.15) is 0 Å². The zero-order valence-electron chi connectivity index (χ0n) is 18.9. The lowest BCUT2D eigenvalue weighted by molar-refractivity contribution is 0.0694. The number of carboxylic acids is 1. The van der Waals surface area contributed by atoms with Gasteiger partial charge in [0, 0.05) is 35.1 Å². The van der Waals surface area contributed by atoms with Gasteiger partial charge in [0.1, 0.15) is 0 Å². The Labute approximate surface area is 193 Å². The molecule has 3 rings (SSSR count). The maximum Gasteiger partial charge on any atom is 0.337 e. The highest BCUT2D eigenvalue weighted by atomic mass is 35.5. The number of rotatable bonds is 10. The highest BCUT2D eigenvalue weighted by Gasteiger charge is 2.22. The number of methoxy groups -OCH3 is 2. The summed E-state index contributed by atoms with van der Waals surface area (Å²) in [6, 6.07) is 13.5. The van der Waals surface area contributed by atoms with Gasteiger partial charge in [0.15, 0.2) is 11.5 Å². The van der Waals surface area contributed by atoms with Crippen LogP contribution in [0.25, 0.3) is 0 Å². The second-order valence-corrected chi connectivity index (χ2v) is 8.03. The van der Waals surface area contributed by atoms with Crippen molar-refractivity contribution >= 4 is 17.6 Å². The van der Waals surface area contributed by atoms with E-state index in [4.69, 9.17) is 21.1 Å². The van der Waals surface area contributed by atoms with Crippen molar-refractivity contribution in [3.8, 4) is 11.5 Å². The SMILES string of the molecule is COc1ccc(CCNCc2c(C(=O)O)c(C)n(Cc3ccccc3Cl)c2C)cc1OC. The number of nitrogens with one attached hydrogen (secondary N) is 1. The van der Waals surface area contributed by atoms with Crippen LogP contribution in [0.15, 0.2) is 42.5 Å². The summed E-state index contributed by atoms with van der Waals surface area (Å²) >= 11 is 6.33. The molecule has 0 atom stereocenters. The first-order chi connectivity index (χ1) is 15.4. The highest BCUT2D eigenvalue weighted by Crippen LogP contribution is 2.28. The first-order valence-corrected chi connectivity index (χ1v) is 10.8. The number of aromatic carboxylic acids is 1. The topological polar surface area (TPSA) is 72.7 Å². The zero-order valence-corrected chi connectivity index (χ0v) is 19.6. The molecule has 0 bridgehead atoms. The minimum absolute atomic E-state index is 0.355. The summed E-state index contributed by atoms with van der Waals surface area (Å²) in [7, 11) is 3.23. The van der Waals surface area contributed by atoms with Gasteiger partial charge >= 0.3 is 5.97 Å². The molecule has 3 aromatic rings. The van der Waals surface area contributed by atoms with Gasteiger partial charge in [-0.1, -0.05) is 35.9 Å². The van der Waals surface area contributed by atoms with Crippen LogP contribution < -0.4 is 14.8 Å². The van der Waals surface area contributed by atoms with Gasteiger partial charge in [0.05, 0.1) is 19.8 Å². The molecule has 32 heavy (non-hydrogen) atoms. The Morgan fingerprint density at radius 1 is 1.06 bits per heavy atom. The lowest BCUT2D eigenvalue weighted by atomic mass is 10.1. The van der Waals surface area contributed by atoms with Crippen LogP contribution in [-0.4, -0.2) is 36.4 Å². The number of hydrogen-bond acceptors (Lipinski definition) is 4. The number of nitrogens with zero attached hydrogens (tertiary/aromatic N) is 1. The van der Waals surface area contributed by atoms with Crippen molar-refractivity contribution in [1.29, 1.82) is 0 Å². The molecule has 6 nitrogen and oxygen atoms in total. The smallest absolute Gasteiger partial charge is 0.337 e. The van der Waals surface area contributed by atoms with Gasteiger partial charge in [-0.3, -0.25) is 0 Å². The molecule has 1 heterocycles. The number of hydrogen-bond donors (Lipinski definition) is 2. The van der Waals surface area contributed by atoms with Crippen LogP contribution >= 0.6 is 11.6 Å². The van der Waals surface area contributed by atoms with Crippen LogP contribution in [0.2, 0.25) is 5.02 Å². The molecule has 0 saturated heterocycles. The van der Waals surface area contributed by atoms with Crippen molar-refractivity contribution in [2.24, 2.45) is 0 Å². The van der Waals surface area contributed by atoms with Crippen molar-refractivity contribution in [2.45, 2.75) is 33.4 Å². The average Bonchev–Trinajstić information content (AvgIpc) is 3.02. The first kappa shape index (κ1) is 23.7. The normalized spacial score (nSPS) is 10.9. The fraction of sp³-hybridized carbons (Fsp3) is 0.320. The average molecular weight is 457 g/mol. The Kier molecular flexibility index (Phi) is 7.83. The summed E-state index contributed by atoms with van der Waals surface area (Å²) in [5.74, 6) is 0.475. The van der Waals surface area contributed by atoms with Crippen LogP contribution in [0.4, 0.5) is 0 Å². The summed E-state index contributed by atoms with van der Waals surface area (Å²) in [6.07, 6.45) is 0.779. The molecule has 0 radical (unpaired) electrons. The largest absolute Gasteiger partial charge is 0.493 e. The molecule has 7 heteroatoms. The third kappa shape index (κ3) is 5.09. The van der Waals surface area contributed by atoms with E-state index >= 15 is 0 Å². The Hall–Kier alpha value is -2.96. The Bertz CT molecular complexity index is 1110. The van der Waals surface area contributed by atoms with Crippen molar-refractivity contribution in [3.63, 3.8) is 0 Å². The molecule has 0 saturated carbocycles. The van der Waals surface area contributed by atoms with Crippen LogP contribution in [0.1, 0.15) is 38.4 Å². The molecule has 170 valence electrons. The molecular weight excluding hydrogens is 428 g/mol. The molecule has 0 aliphatic heterocycles. The zero-order chi connectivity index (χ0) is 23.3. The lowest BCUT2D eigenvalue weighted by Gasteiger charge is -2.12. The number of ether oxygens (including phenoxy) is 2. The molecule has 0 aliphatic carbocycles. The Morgan fingerprint density at radius 2 is 1.78 bits per heavy atom. The number of benzene rings is 2. The monoisotopic (exact) mass is 456 g/mol. The maximum absolute atomic E-state index is 12.0. The molecule has 2 aromatic carbocycles. The molecule has 0 fully saturated rings. The van der Waals surface area contributed by atoms with Crippen LogP contribution in [0.3, 0.4) is 0 Å². The van der Waals surface area contributed by atoms with E-state index in [2.05, 4.69) is 5.32 Å². The van der Waals surface area contributed by atoms with Gasteiger partial charge in [-0.25, -0.2) is 4.79 Å². The van der Waals surface area contributed by atoms with E-state index in [1.54, 1.807) is 14.2 Å². The maximum atomic E-state index is 12.0. The second kappa shape index (κ2) is 10.6. The quantitative estimate of drug-likeness (QED) is 0.426. The highest BCUT2D eigenvalue weighted by molar-refractivity contribution is 6.31. The fourth-order valence-corrected chi connectivity index (χ4v) is 4.16. The van der Waals surface area contributed by atoms with Gasteiger partial charge < -0.3 is 24.5 Å². The van der Waals surface area contributed by atoms with Crippen LogP contribution in [0, 0.1) is 13.8 Å². The van der Waals surface area contributed by atoms with Crippen LogP contribution in [0.5, 0.6) is 11.5 Å². The van der Waals surface area contributed by atoms with E-state index in [9.17, 15) is 9.90 Å². The summed E-state index contributed by atoms with van der Waals surface area (Å²) < 4.78 is 12.7. The third-order valence-electron chi connectivity index (χ3n) is 5.75. The summed E-state index contributed by atoms with van der Waals surface area (Å²) in [4.78, 5) is 12.0. The van der Waals surface area contributed by atoms with Gasteiger partial charge in [-0.15, -0.1) is 0 Å². The van der Waals surface area contributed by atoms with Crippen molar-refractivity contribution < 1.29 is 19.4 Å². The second-order valence-electron chi connectivity index (χ2n) is 7.62. The molecule has 1 aromatic heterocycles. The van der Waals surface area contributed by atoms with Gasteiger partial charge in [0.25, 0.3) is 0 Å². The Morgan fingerprint density at radius 3 is 2.44 bits per heavy atom. The number of aromatic nitrogens is 1. The van der Waals surface area contributed by atoms with E-state index in [-0.39, 0.29) is 0 Å². The van der Waals surface area contributed by atoms with E-state index in [0.717, 1.165) is 34.5 Å². The molecule has 0 unspecified atom stereocenters. The summed E-state index contributed by atoms with van der Waals surface area (Å²) in [5.41, 5.74) is 4.88. The molecular formula is C25H29ClN2O4. The predicted molar refractivity (Wildman–Crippen MR) is 126 cm³/mol. The number of carbonyl (C=O) groups is 1. The van der Waals surface area contributed by atoms with E-state index in [1.807, 2.05) is 60.9 Å². The molecule has 0 amide bonds.